The molecule has 1 aliphatic heterocycles. The first-order valence-electron chi connectivity index (χ1n) is 7.68. The van der Waals surface area contributed by atoms with Gasteiger partial charge in [-0.15, -0.1) is 0 Å². The summed E-state index contributed by atoms with van der Waals surface area (Å²) in [7, 11) is 0. The minimum atomic E-state index is -1.27. The fourth-order valence-electron chi connectivity index (χ4n) is 3.00. The summed E-state index contributed by atoms with van der Waals surface area (Å²) < 4.78 is 5.44. The van der Waals surface area contributed by atoms with Gasteiger partial charge in [-0.2, -0.15) is 0 Å². The number of amides is 1. The zero-order valence-electron chi connectivity index (χ0n) is 13.8. The van der Waals surface area contributed by atoms with Crippen LogP contribution in [0.15, 0.2) is 36.4 Å². The van der Waals surface area contributed by atoms with Crippen molar-refractivity contribution in [2.45, 2.75) is 32.8 Å². The van der Waals surface area contributed by atoms with Crippen molar-refractivity contribution in [1.29, 1.82) is 0 Å². The molecule has 0 saturated carbocycles. The van der Waals surface area contributed by atoms with E-state index in [9.17, 15) is 9.59 Å². The Bertz CT molecular complexity index is 826. The second-order valence-electron chi connectivity index (χ2n) is 6.43. The zero-order chi connectivity index (χ0) is 17.5. The summed E-state index contributed by atoms with van der Waals surface area (Å²) in [5, 5.41) is 3.38. The van der Waals surface area contributed by atoms with Crippen LogP contribution in [0.2, 0.25) is 5.02 Å². The maximum Gasteiger partial charge on any atom is 0.339 e. The van der Waals surface area contributed by atoms with Gasteiger partial charge in [-0.25, -0.2) is 4.79 Å². The predicted octanol–water partition coefficient (Wildman–Crippen LogP) is 4.07. The van der Waals surface area contributed by atoms with Crippen LogP contribution in [-0.4, -0.2) is 17.5 Å². The molecule has 2 aromatic rings. The highest BCUT2D eigenvalue weighted by Gasteiger charge is 2.42. The monoisotopic (exact) mass is 343 g/mol. The number of ether oxygens (including phenoxy) is 1. The van der Waals surface area contributed by atoms with Crippen LogP contribution < -0.4 is 5.32 Å². The van der Waals surface area contributed by atoms with E-state index < -0.39 is 11.6 Å². The van der Waals surface area contributed by atoms with Crippen molar-refractivity contribution >= 4 is 29.2 Å². The molecular formula is C19H18ClNO3. The molecule has 1 unspecified atom stereocenters. The van der Waals surface area contributed by atoms with Crippen LogP contribution in [0, 0.1) is 13.8 Å². The Morgan fingerprint density at radius 3 is 2.50 bits per heavy atom. The van der Waals surface area contributed by atoms with Crippen molar-refractivity contribution in [2.24, 2.45) is 0 Å². The van der Waals surface area contributed by atoms with E-state index in [-0.39, 0.29) is 12.3 Å². The number of carbonyl (C=O) groups is 2. The van der Waals surface area contributed by atoms with Crippen LogP contribution in [-0.2, 0) is 16.0 Å². The van der Waals surface area contributed by atoms with Crippen LogP contribution in [0.1, 0.15) is 34.0 Å². The normalized spacial score (nSPS) is 19.4. The first-order chi connectivity index (χ1) is 11.3. The van der Waals surface area contributed by atoms with Gasteiger partial charge in [-0.05, 0) is 67.8 Å². The standard InChI is InChI=1S/C19H18ClNO3/c1-11-6-12(2)8-15(7-11)21-18(23)19(3)10-13-9-14(20)4-5-16(13)17(22)24-19/h4-9H,10H2,1-3H3,(H,21,23). The maximum absolute atomic E-state index is 12.7. The van der Waals surface area contributed by atoms with Crippen molar-refractivity contribution in [2.75, 3.05) is 5.32 Å². The van der Waals surface area contributed by atoms with Gasteiger partial charge >= 0.3 is 5.97 Å². The van der Waals surface area contributed by atoms with Crippen molar-refractivity contribution in [1.82, 2.24) is 0 Å². The highest BCUT2D eigenvalue weighted by Crippen LogP contribution is 2.31. The minimum Gasteiger partial charge on any atom is -0.445 e. The first-order valence-corrected chi connectivity index (χ1v) is 8.06. The highest BCUT2D eigenvalue weighted by molar-refractivity contribution is 6.30. The topological polar surface area (TPSA) is 55.4 Å². The lowest BCUT2D eigenvalue weighted by atomic mass is 9.89. The van der Waals surface area contributed by atoms with E-state index in [1.54, 1.807) is 25.1 Å². The molecule has 2 aromatic carbocycles. The van der Waals surface area contributed by atoms with E-state index in [1.165, 1.54) is 0 Å². The molecule has 0 spiro atoms. The lowest BCUT2D eigenvalue weighted by Crippen LogP contribution is -2.48. The number of halogens is 1. The summed E-state index contributed by atoms with van der Waals surface area (Å²) in [6, 6.07) is 10.8. The molecule has 24 heavy (non-hydrogen) atoms. The number of carbonyl (C=O) groups excluding carboxylic acids is 2. The number of hydrogen-bond donors (Lipinski definition) is 1. The lowest BCUT2D eigenvalue weighted by molar-refractivity contribution is -0.134. The van der Waals surface area contributed by atoms with Gasteiger partial charge in [-0.1, -0.05) is 17.7 Å². The number of benzene rings is 2. The molecule has 0 fully saturated rings. The zero-order valence-corrected chi connectivity index (χ0v) is 14.5. The Morgan fingerprint density at radius 2 is 1.83 bits per heavy atom. The SMILES string of the molecule is Cc1cc(C)cc(NC(=O)C2(C)Cc3cc(Cl)ccc3C(=O)O2)c1. The highest BCUT2D eigenvalue weighted by atomic mass is 35.5. The van der Waals surface area contributed by atoms with Gasteiger partial charge in [0.25, 0.3) is 5.91 Å². The van der Waals surface area contributed by atoms with Crippen molar-refractivity contribution in [3.63, 3.8) is 0 Å². The molecule has 0 aromatic heterocycles. The Kier molecular flexibility index (Phi) is 4.10. The average molecular weight is 344 g/mol. The van der Waals surface area contributed by atoms with Crippen molar-refractivity contribution in [3.05, 3.63) is 63.7 Å². The number of cyclic esters (lactones) is 1. The van der Waals surface area contributed by atoms with Crippen LogP contribution in [0.5, 0.6) is 0 Å². The number of anilines is 1. The van der Waals surface area contributed by atoms with Crippen LogP contribution in [0.3, 0.4) is 0 Å². The van der Waals surface area contributed by atoms with Crippen LogP contribution in [0.4, 0.5) is 5.69 Å². The Hall–Kier alpha value is -2.33. The van der Waals surface area contributed by atoms with Crippen LogP contribution >= 0.6 is 11.6 Å². The summed E-state index contributed by atoms with van der Waals surface area (Å²) in [5.41, 5.74) is 2.69. The van der Waals surface area contributed by atoms with Gasteiger partial charge in [0, 0.05) is 17.1 Å². The van der Waals surface area contributed by atoms with Crippen molar-refractivity contribution < 1.29 is 14.3 Å². The fourth-order valence-corrected chi connectivity index (χ4v) is 3.20. The summed E-state index contributed by atoms with van der Waals surface area (Å²) in [6.45, 7) is 5.54. The Morgan fingerprint density at radius 1 is 1.17 bits per heavy atom. The number of esters is 1. The molecule has 5 heteroatoms. The van der Waals surface area contributed by atoms with Gasteiger partial charge < -0.3 is 10.1 Å². The molecule has 0 saturated heterocycles. The molecule has 1 N–H and O–H groups in total. The molecule has 1 amide bonds. The van der Waals surface area contributed by atoms with Gasteiger partial charge in [0.2, 0.25) is 0 Å². The molecule has 0 bridgehead atoms. The average Bonchev–Trinajstić information content (AvgIpc) is 2.45. The largest absolute Gasteiger partial charge is 0.445 e. The number of nitrogens with one attached hydrogen (secondary N) is 1. The molecule has 1 heterocycles. The molecule has 4 nitrogen and oxygen atoms in total. The van der Waals surface area contributed by atoms with E-state index in [0.717, 1.165) is 16.7 Å². The molecule has 124 valence electrons. The lowest BCUT2D eigenvalue weighted by Gasteiger charge is -2.33. The summed E-state index contributed by atoms with van der Waals surface area (Å²) in [6.07, 6.45) is 0.283. The van der Waals surface area contributed by atoms with Gasteiger partial charge in [0.15, 0.2) is 5.60 Å². The van der Waals surface area contributed by atoms with E-state index in [2.05, 4.69) is 5.32 Å². The van der Waals surface area contributed by atoms with E-state index in [4.69, 9.17) is 16.3 Å². The third-order valence-electron chi connectivity index (χ3n) is 4.09. The second-order valence-corrected chi connectivity index (χ2v) is 6.87. The molecule has 1 atom stereocenters. The number of fused-ring (bicyclic) bond motifs is 1. The Balaban J connectivity index is 1.88. The molecule has 1 aliphatic rings. The van der Waals surface area contributed by atoms with Crippen molar-refractivity contribution in [3.8, 4) is 0 Å². The van der Waals surface area contributed by atoms with E-state index >= 15 is 0 Å². The summed E-state index contributed by atoms with van der Waals surface area (Å²) in [5.74, 6) is -0.863. The van der Waals surface area contributed by atoms with Crippen LogP contribution in [0.25, 0.3) is 0 Å². The first kappa shape index (κ1) is 16.5. The molecule has 0 aliphatic carbocycles. The van der Waals surface area contributed by atoms with Gasteiger partial charge in [0.1, 0.15) is 0 Å². The summed E-state index contributed by atoms with van der Waals surface area (Å²) >= 11 is 6.01. The van der Waals surface area contributed by atoms with E-state index in [0.29, 0.717) is 16.3 Å². The van der Waals surface area contributed by atoms with Gasteiger partial charge in [-0.3, -0.25) is 4.79 Å². The Labute approximate surface area is 145 Å². The third kappa shape index (κ3) is 3.15. The smallest absolute Gasteiger partial charge is 0.339 e. The molecule has 3 rings (SSSR count). The number of aryl methyl sites for hydroxylation is 2. The second kappa shape index (κ2) is 5.95. The molecule has 0 radical (unpaired) electrons. The minimum absolute atomic E-state index is 0.283. The molecular weight excluding hydrogens is 326 g/mol. The maximum atomic E-state index is 12.7. The number of hydrogen-bond acceptors (Lipinski definition) is 3. The fraction of sp³-hybridized carbons (Fsp3) is 0.263. The predicted molar refractivity (Wildman–Crippen MR) is 93.5 cm³/mol. The third-order valence-corrected chi connectivity index (χ3v) is 4.33. The number of rotatable bonds is 2. The van der Waals surface area contributed by atoms with Gasteiger partial charge in [0.05, 0.1) is 5.56 Å². The summed E-state index contributed by atoms with van der Waals surface area (Å²) in [4.78, 5) is 25.0. The van der Waals surface area contributed by atoms with E-state index in [1.807, 2.05) is 32.0 Å². The quantitative estimate of drug-likeness (QED) is 0.836.